The minimum atomic E-state index is 0.214. The van der Waals surface area contributed by atoms with Crippen LogP contribution in [-0.2, 0) is 71.9 Å². The van der Waals surface area contributed by atoms with Gasteiger partial charge in [0.15, 0.2) is 0 Å². The summed E-state index contributed by atoms with van der Waals surface area (Å²) < 4.78 is 35.2. The van der Waals surface area contributed by atoms with Crippen molar-refractivity contribution in [3.63, 3.8) is 0 Å². The molecule has 4 aromatic carbocycles. The van der Waals surface area contributed by atoms with Gasteiger partial charge >= 0.3 is 0 Å². The highest BCUT2D eigenvalue weighted by Crippen LogP contribution is 2.46. The third-order valence-corrected chi connectivity index (χ3v) is 11.9. The zero-order valence-corrected chi connectivity index (χ0v) is 39.7. The number of hydrogen-bond donors (Lipinski definition) is 0. The quantitative estimate of drug-likeness (QED) is 0.0912. The lowest BCUT2D eigenvalue weighted by Crippen LogP contribution is -2.08. The van der Waals surface area contributed by atoms with Gasteiger partial charge < -0.3 is 18.9 Å². The van der Waals surface area contributed by atoms with Gasteiger partial charge in [-0.05, 0) is 112 Å². The van der Waals surface area contributed by atoms with Crippen molar-refractivity contribution >= 4 is 0 Å². The van der Waals surface area contributed by atoms with Crippen LogP contribution in [0.3, 0.4) is 0 Å². The first-order valence-corrected chi connectivity index (χ1v) is 23.2. The van der Waals surface area contributed by atoms with E-state index in [0.717, 1.165) is 113 Å². The summed E-state index contributed by atoms with van der Waals surface area (Å²) in [6, 6.07) is 17.7. The Bertz CT molecular complexity index is 2830. The second-order valence-corrected chi connectivity index (χ2v) is 17.4. The van der Waals surface area contributed by atoms with Crippen molar-refractivity contribution < 1.29 is 18.9 Å². The minimum Gasteiger partial charge on any atom is -0.487 e. The predicted octanol–water partition coefficient (Wildman–Crippen LogP) is 8.43. The molecule has 9 rings (SSSR count). The summed E-state index contributed by atoms with van der Waals surface area (Å²) in [6.07, 6.45) is 9.27. The molecule has 0 radical (unpaired) electrons. The molecular weight excluding hydrogens is 845 g/mol. The Morgan fingerprint density at radius 3 is 0.851 bits per heavy atom. The molecule has 16 nitrogen and oxygen atoms in total. The summed E-state index contributed by atoms with van der Waals surface area (Å²) in [5.74, 6) is 3.02. The summed E-state index contributed by atoms with van der Waals surface area (Å²) in [5, 5.41) is 35.0. The van der Waals surface area contributed by atoms with Crippen molar-refractivity contribution in [3.8, 4) is 34.1 Å². The smallest absolute Gasteiger partial charge is 0.134 e. The van der Waals surface area contributed by atoms with Crippen LogP contribution >= 0.6 is 0 Å². The molecule has 4 heterocycles. The minimum absolute atomic E-state index is 0.214. The first-order chi connectivity index (χ1) is 32.6. The average Bonchev–Trinajstić information content (AvgIpc) is 4.15. The van der Waals surface area contributed by atoms with Crippen LogP contribution in [0.15, 0.2) is 73.3 Å². The SMILES string of the molecule is CCn1cc(COc2c3cc(C)cc2Cc2cc(C)cc(c2OCc2cn(CC)nn2)-c2cc(C)cc(c2OCc2cn(CC)nn2)Cc2cc(C)cc(c2OCc2cn(CC)nn2)C3)nn1. The van der Waals surface area contributed by atoms with Gasteiger partial charge in [-0.2, -0.15) is 0 Å². The number of fused-ring (bicyclic) bond motifs is 9. The molecule has 0 unspecified atom stereocenters. The fourth-order valence-electron chi connectivity index (χ4n) is 8.89. The molecule has 8 bridgehead atoms. The van der Waals surface area contributed by atoms with Crippen LogP contribution in [0.1, 0.15) is 106 Å². The predicted molar refractivity (Wildman–Crippen MR) is 252 cm³/mol. The first-order valence-electron chi connectivity index (χ1n) is 23.2. The van der Waals surface area contributed by atoms with Gasteiger partial charge in [-0.15, -0.1) is 20.4 Å². The van der Waals surface area contributed by atoms with Crippen molar-refractivity contribution in [1.82, 2.24) is 60.0 Å². The van der Waals surface area contributed by atoms with E-state index >= 15 is 0 Å². The van der Waals surface area contributed by atoms with Crippen LogP contribution in [0.4, 0.5) is 0 Å². The molecule has 0 atom stereocenters. The zero-order valence-electron chi connectivity index (χ0n) is 39.7. The van der Waals surface area contributed by atoms with Gasteiger partial charge in [0.05, 0.1) is 24.8 Å². The molecule has 1 aliphatic rings. The third kappa shape index (κ3) is 10.1. The Morgan fingerprint density at radius 2 is 0.597 bits per heavy atom. The molecular formula is C51H58N12O4. The van der Waals surface area contributed by atoms with E-state index in [1.807, 2.05) is 71.2 Å². The molecule has 0 fully saturated rings. The van der Waals surface area contributed by atoms with Crippen molar-refractivity contribution in [2.24, 2.45) is 0 Å². The fourth-order valence-corrected chi connectivity index (χ4v) is 8.89. The average molecular weight is 903 g/mol. The van der Waals surface area contributed by atoms with Crippen molar-refractivity contribution in [1.29, 1.82) is 0 Å². The Kier molecular flexibility index (Phi) is 13.1. The number of benzene rings is 4. The Labute approximate surface area is 390 Å². The van der Waals surface area contributed by atoms with Crippen LogP contribution in [0.25, 0.3) is 11.1 Å². The molecule has 0 spiro atoms. The molecule has 4 aromatic heterocycles. The van der Waals surface area contributed by atoms with E-state index in [4.69, 9.17) is 18.9 Å². The fraction of sp³-hybridized carbons (Fsp3) is 0.373. The number of hydrogen-bond acceptors (Lipinski definition) is 12. The summed E-state index contributed by atoms with van der Waals surface area (Å²) in [6.45, 7) is 20.5. The van der Waals surface area contributed by atoms with Crippen LogP contribution in [0, 0.1) is 27.7 Å². The maximum atomic E-state index is 7.02. The molecule has 0 N–H and O–H groups in total. The first kappa shape index (κ1) is 44.8. The molecule has 1 aliphatic carbocycles. The lowest BCUT2D eigenvalue weighted by molar-refractivity contribution is 0.291. The molecule has 0 saturated heterocycles. The maximum absolute atomic E-state index is 7.02. The number of rotatable bonds is 16. The zero-order chi connectivity index (χ0) is 46.6. The van der Waals surface area contributed by atoms with Crippen LogP contribution in [-0.4, -0.2) is 60.0 Å². The second-order valence-electron chi connectivity index (χ2n) is 17.4. The number of nitrogens with zero attached hydrogens (tertiary/aromatic N) is 12. The van der Waals surface area contributed by atoms with Gasteiger partial charge in [-0.1, -0.05) is 68.4 Å². The largest absolute Gasteiger partial charge is 0.487 e. The molecule has 0 aliphatic heterocycles. The van der Waals surface area contributed by atoms with Crippen LogP contribution < -0.4 is 18.9 Å². The summed E-state index contributed by atoms with van der Waals surface area (Å²) in [5.41, 5.74) is 15.2. The van der Waals surface area contributed by atoms with Gasteiger partial charge in [0.25, 0.3) is 0 Å². The van der Waals surface area contributed by atoms with E-state index < -0.39 is 0 Å². The van der Waals surface area contributed by atoms with Gasteiger partial charge in [-0.3, -0.25) is 18.7 Å². The lowest BCUT2D eigenvalue weighted by Gasteiger charge is -2.22. The molecule has 0 saturated carbocycles. The van der Waals surface area contributed by atoms with Crippen molar-refractivity contribution in [2.75, 3.05) is 0 Å². The Morgan fingerprint density at radius 1 is 0.358 bits per heavy atom. The number of ether oxygens (including phenoxy) is 4. The third-order valence-electron chi connectivity index (χ3n) is 11.9. The maximum Gasteiger partial charge on any atom is 0.134 e. The highest BCUT2D eigenvalue weighted by molar-refractivity contribution is 5.80. The molecule has 67 heavy (non-hydrogen) atoms. The summed E-state index contributed by atoms with van der Waals surface area (Å²) in [4.78, 5) is 0. The van der Waals surface area contributed by atoms with Crippen LogP contribution in [0.2, 0.25) is 0 Å². The molecule has 16 heteroatoms. The topological polar surface area (TPSA) is 160 Å². The molecule has 0 amide bonds. The molecule has 346 valence electrons. The Balaban J connectivity index is 1.27. The van der Waals surface area contributed by atoms with E-state index in [1.54, 1.807) is 0 Å². The van der Waals surface area contributed by atoms with Gasteiger partial charge in [0.1, 0.15) is 72.2 Å². The van der Waals surface area contributed by atoms with Crippen LogP contribution in [0.5, 0.6) is 23.0 Å². The number of aromatic nitrogens is 12. The van der Waals surface area contributed by atoms with E-state index in [9.17, 15) is 0 Å². The Hall–Kier alpha value is -7.36. The van der Waals surface area contributed by atoms with E-state index in [-0.39, 0.29) is 26.4 Å². The standard InChI is InChI=1S/C51H58N12O4/c1-9-60-24-42(52-56-60)28-64-48-36-13-32(5)15-38(48)22-40-17-34(7)19-46(50(40)66-30-44-26-62(11-3)58-54-44)47-20-35(8)18-41(51(47)67-31-45-27-63(12-4)59-55-45)23-39-16-33(6)14-37(21-36)49(39)65-29-43-25-61(10-2)57-53-43/h13-20,24-27H,9-12,21-23,28-31H2,1-8H3. The normalized spacial score (nSPS) is 12.2. The molecule has 8 aromatic rings. The van der Waals surface area contributed by atoms with E-state index in [1.165, 1.54) is 0 Å². The van der Waals surface area contributed by atoms with E-state index in [2.05, 4.69) is 117 Å². The highest BCUT2D eigenvalue weighted by atomic mass is 16.5. The van der Waals surface area contributed by atoms with Crippen molar-refractivity contribution in [2.45, 2.75) is 127 Å². The van der Waals surface area contributed by atoms with Gasteiger partial charge in [0, 0.05) is 56.6 Å². The number of aryl methyl sites for hydroxylation is 8. The van der Waals surface area contributed by atoms with Crippen molar-refractivity contribution in [3.05, 3.63) is 152 Å². The summed E-state index contributed by atoms with van der Waals surface area (Å²) >= 11 is 0. The lowest BCUT2D eigenvalue weighted by atomic mass is 9.90. The van der Waals surface area contributed by atoms with Gasteiger partial charge in [-0.25, -0.2) is 0 Å². The van der Waals surface area contributed by atoms with E-state index in [0.29, 0.717) is 45.4 Å². The summed E-state index contributed by atoms with van der Waals surface area (Å²) in [7, 11) is 0. The second kappa shape index (κ2) is 19.6. The highest BCUT2D eigenvalue weighted by Gasteiger charge is 2.26. The van der Waals surface area contributed by atoms with Gasteiger partial charge in [0.2, 0.25) is 0 Å². The monoisotopic (exact) mass is 902 g/mol.